The molecule has 1 amide bonds. The van der Waals surface area contributed by atoms with Crippen molar-refractivity contribution in [1.82, 2.24) is 0 Å². The summed E-state index contributed by atoms with van der Waals surface area (Å²) in [7, 11) is 4.35. The first-order chi connectivity index (χ1) is 17.5. The van der Waals surface area contributed by atoms with Crippen molar-refractivity contribution in [2.45, 2.75) is 13.5 Å². The van der Waals surface area contributed by atoms with Crippen molar-refractivity contribution in [1.29, 1.82) is 0 Å². The van der Waals surface area contributed by atoms with E-state index >= 15 is 0 Å². The van der Waals surface area contributed by atoms with Crippen molar-refractivity contribution in [3.05, 3.63) is 101 Å². The highest BCUT2D eigenvalue weighted by atomic mass is 16.5. The molecule has 0 saturated carbocycles. The summed E-state index contributed by atoms with van der Waals surface area (Å²) in [5.41, 5.74) is 3.19. The van der Waals surface area contributed by atoms with Crippen LogP contribution < -0.4 is 19.1 Å². The Hall–Kier alpha value is -4.52. The second-order valence-corrected chi connectivity index (χ2v) is 8.04. The van der Waals surface area contributed by atoms with Gasteiger partial charge in [-0.15, -0.1) is 0 Å². The van der Waals surface area contributed by atoms with Gasteiger partial charge in [-0.1, -0.05) is 42.5 Å². The van der Waals surface area contributed by atoms with E-state index in [-0.39, 0.29) is 17.1 Å². The zero-order valence-electron chi connectivity index (χ0n) is 20.6. The van der Waals surface area contributed by atoms with Crippen molar-refractivity contribution in [3.8, 4) is 17.2 Å². The average Bonchev–Trinajstić information content (AvgIpc) is 3.16. The van der Waals surface area contributed by atoms with Crippen LogP contribution >= 0.6 is 0 Å². The van der Waals surface area contributed by atoms with E-state index in [1.807, 2.05) is 54.6 Å². The van der Waals surface area contributed by atoms with Crippen LogP contribution in [0.15, 0.2) is 89.6 Å². The van der Waals surface area contributed by atoms with Gasteiger partial charge in [0.25, 0.3) is 5.91 Å². The minimum atomic E-state index is -0.591. The van der Waals surface area contributed by atoms with Gasteiger partial charge in [-0.25, -0.2) is 4.79 Å². The highest BCUT2D eigenvalue weighted by Crippen LogP contribution is 2.39. The summed E-state index contributed by atoms with van der Waals surface area (Å²) in [4.78, 5) is 27.8. The lowest BCUT2D eigenvalue weighted by molar-refractivity contribution is -0.136. The Morgan fingerprint density at radius 3 is 2.33 bits per heavy atom. The number of carbonyl (C=O) groups is 2. The molecule has 1 aliphatic heterocycles. The average molecular weight is 486 g/mol. The smallest absolute Gasteiger partial charge is 0.340 e. The van der Waals surface area contributed by atoms with Gasteiger partial charge >= 0.3 is 5.97 Å². The Balaban J connectivity index is 1.69. The molecule has 1 aliphatic rings. The van der Waals surface area contributed by atoms with Gasteiger partial charge in [0.2, 0.25) is 0 Å². The van der Waals surface area contributed by atoms with Gasteiger partial charge in [0.15, 0.2) is 11.5 Å². The van der Waals surface area contributed by atoms with E-state index < -0.39 is 5.97 Å². The van der Waals surface area contributed by atoms with Crippen LogP contribution in [0.25, 0.3) is 6.08 Å². The van der Waals surface area contributed by atoms with Crippen LogP contribution in [0.2, 0.25) is 0 Å². The van der Waals surface area contributed by atoms with E-state index in [2.05, 4.69) is 0 Å². The van der Waals surface area contributed by atoms with E-state index in [1.54, 1.807) is 31.2 Å². The molecule has 7 nitrogen and oxygen atoms in total. The predicted octanol–water partition coefficient (Wildman–Crippen LogP) is 5.16. The number of anilines is 1. The lowest BCUT2D eigenvalue weighted by Crippen LogP contribution is -2.24. The number of carbonyl (C=O) groups excluding carboxylic acids is 2. The van der Waals surface area contributed by atoms with E-state index in [4.69, 9.17) is 18.9 Å². The molecule has 0 spiro atoms. The Morgan fingerprint density at radius 2 is 1.64 bits per heavy atom. The van der Waals surface area contributed by atoms with E-state index in [9.17, 15) is 9.59 Å². The van der Waals surface area contributed by atoms with Crippen LogP contribution in [0.4, 0.5) is 5.69 Å². The normalized spacial score (nSPS) is 14.3. The summed E-state index contributed by atoms with van der Waals surface area (Å²) in [6.07, 6.45) is 1.67. The summed E-state index contributed by atoms with van der Waals surface area (Å²) in [6.45, 7) is 2.13. The van der Waals surface area contributed by atoms with Gasteiger partial charge in [0, 0.05) is 11.8 Å². The molecule has 0 N–H and O–H groups in total. The topological polar surface area (TPSA) is 74.3 Å². The van der Waals surface area contributed by atoms with Crippen LogP contribution in [0.5, 0.6) is 17.2 Å². The van der Waals surface area contributed by atoms with Gasteiger partial charge in [-0.2, -0.15) is 0 Å². The number of nitrogens with zero attached hydrogens (tertiary/aromatic N) is 1. The lowest BCUT2D eigenvalue weighted by Gasteiger charge is -2.19. The van der Waals surface area contributed by atoms with Crippen molar-refractivity contribution < 1.29 is 28.5 Å². The van der Waals surface area contributed by atoms with E-state index in [1.165, 1.54) is 26.2 Å². The third-order valence-electron chi connectivity index (χ3n) is 5.83. The van der Waals surface area contributed by atoms with Gasteiger partial charge in [-0.05, 0) is 48.4 Å². The molecular formula is C29H27NO6. The van der Waals surface area contributed by atoms with Gasteiger partial charge < -0.3 is 18.9 Å². The molecule has 36 heavy (non-hydrogen) atoms. The second kappa shape index (κ2) is 10.8. The van der Waals surface area contributed by atoms with Crippen molar-refractivity contribution in [3.63, 3.8) is 0 Å². The Kier molecular flexibility index (Phi) is 7.39. The number of esters is 1. The van der Waals surface area contributed by atoms with Gasteiger partial charge in [-0.3, -0.25) is 9.69 Å². The highest BCUT2D eigenvalue weighted by Gasteiger charge is 2.38. The minimum Gasteiger partial charge on any atom is -0.493 e. The Bertz CT molecular complexity index is 1340. The molecule has 0 saturated heterocycles. The molecule has 184 valence electrons. The first-order valence-corrected chi connectivity index (χ1v) is 11.3. The fourth-order valence-corrected chi connectivity index (χ4v) is 4.06. The molecule has 0 bridgehead atoms. The number of methoxy groups -OCH3 is 3. The summed E-state index contributed by atoms with van der Waals surface area (Å²) < 4.78 is 21.6. The monoisotopic (exact) mass is 485 g/mol. The van der Waals surface area contributed by atoms with Crippen LogP contribution in [0.3, 0.4) is 0 Å². The summed E-state index contributed by atoms with van der Waals surface area (Å²) >= 11 is 0. The molecule has 1 heterocycles. The largest absolute Gasteiger partial charge is 0.493 e. The molecule has 7 heteroatoms. The first-order valence-electron chi connectivity index (χ1n) is 11.3. The number of ether oxygens (including phenoxy) is 4. The maximum Gasteiger partial charge on any atom is 0.340 e. The first kappa shape index (κ1) is 24.6. The molecule has 3 aromatic carbocycles. The molecule has 0 aromatic heterocycles. The molecule has 0 atom stereocenters. The van der Waals surface area contributed by atoms with Crippen LogP contribution in [0.1, 0.15) is 18.1 Å². The third kappa shape index (κ3) is 4.95. The highest BCUT2D eigenvalue weighted by molar-refractivity contribution is 6.23. The molecule has 0 unspecified atom stereocenters. The number of benzene rings is 3. The minimum absolute atomic E-state index is 0.202. The molecule has 0 fully saturated rings. The van der Waals surface area contributed by atoms with Crippen LogP contribution in [0, 0.1) is 0 Å². The molecule has 0 radical (unpaired) electrons. The number of hydrogen-bond donors (Lipinski definition) is 0. The molecular weight excluding hydrogens is 458 g/mol. The SMILES string of the molecule is COC(=O)C1=C(C)N(c2ccc(OC)c(OC)c2)C(=O)/C1=C\c1cccc(OCc2ccccc2)c1. The second-order valence-electron chi connectivity index (χ2n) is 8.04. The standard InChI is InChI=1S/C29H27NO6/c1-19-27(29(32)35-4)24(28(31)30(19)22-13-14-25(33-2)26(17-22)34-3)16-21-11-8-12-23(15-21)36-18-20-9-6-5-7-10-20/h5-17H,18H2,1-4H3/b24-16-. The van der Waals surface area contributed by atoms with E-state index in [0.717, 1.165) is 5.56 Å². The quantitative estimate of drug-likeness (QED) is 0.324. The summed E-state index contributed by atoms with van der Waals surface area (Å²) in [5, 5.41) is 0. The van der Waals surface area contributed by atoms with E-state index in [0.29, 0.717) is 40.8 Å². The lowest BCUT2D eigenvalue weighted by atomic mass is 10.0. The maximum absolute atomic E-state index is 13.6. The molecule has 0 aliphatic carbocycles. The van der Waals surface area contributed by atoms with Gasteiger partial charge in [0.05, 0.1) is 38.2 Å². The Morgan fingerprint density at radius 1 is 0.889 bits per heavy atom. The van der Waals surface area contributed by atoms with Gasteiger partial charge in [0.1, 0.15) is 12.4 Å². The van der Waals surface area contributed by atoms with Crippen molar-refractivity contribution in [2.75, 3.05) is 26.2 Å². The molecule has 3 aromatic rings. The summed E-state index contributed by atoms with van der Waals surface area (Å²) in [5.74, 6) is 0.708. The van der Waals surface area contributed by atoms with Crippen LogP contribution in [-0.4, -0.2) is 33.2 Å². The Labute approximate surface area is 210 Å². The number of allylic oxidation sites excluding steroid dienone is 1. The number of hydrogen-bond acceptors (Lipinski definition) is 6. The number of amides is 1. The fraction of sp³-hybridized carbons (Fsp3) is 0.172. The zero-order chi connectivity index (χ0) is 25.7. The van der Waals surface area contributed by atoms with Crippen LogP contribution in [-0.2, 0) is 20.9 Å². The van der Waals surface area contributed by atoms with Crippen molar-refractivity contribution in [2.24, 2.45) is 0 Å². The number of rotatable bonds is 8. The molecule has 4 rings (SSSR count). The maximum atomic E-state index is 13.6. The summed E-state index contributed by atoms with van der Waals surface area (Å²) in [6, 6.07) is 22.3. The third-order valence-corrected chi connectivity index (χ3v) is 5.83. The zero-order valence-corrected chi connectivity index (χ0v) is 20.6. The predicted molar refractivity (Wildman–Crippen MR) is 137 cm³/mol. The van der Waals surface area contributed by atoms with Crippen molar-refractivity contribution >= 4 is 23.6 Å². The fourth-order valence-electron chi connectivity index (χ4n) is 4.06.